The number of hydrogen-bond donors (Lipinski definition) is 2. The van der Waals surface area contributed by atoms with Crippen molar-refractivity contribution in [1.82, 2.24) is 5.32 Å². The molecule has 114 valence electrons. The van der Waals surface area contributed by atoms with Gasteiger partial charge in [-0.1, -0.05) is 35.3 Å². The van der Waals surface area contributed by atoms with Crippen LogP contribution in [0.15, 0.2) is 42.5 Å². The molecule has 0 aliphatic carbocycles. The van der Waals surface area contributed by atoms with Crippen LogP contribution in [0.25, 0.3) is 0 Å². The van der Waals surface area contributed by atoms with E-state index in [-0.39, 0.29) is 17.1 Å². The molecule has 2 amide bonds. The average Bonchev–Trinajstić information content (AvgIpc) is 2.49. The monoisotopic (exact) mass is 340 g/mol. The van der Waals surface area contributed by atoms with E-state index in [2.05, 4.69) is 10.6 Å². The van der Waals surface area contributed by atoms with Crippen molar-refractivity contribution in [3.8, 4) is 0 Å². The molecule has 0 radical (unpaired) electrons. The Morgan fingerprint density at radius 2 is 1.82 bits per heavy atom. The molecule has 2 N–H and O–H groups in total. The highest BCUT2D eigenvalue weighted by Gasteiger charge is 2.11. The molecule has 0 saturated heterocycles. The minimum atomic E-state index is -0.549. The van der Waals surface area contributed by atoms with Gasteiger partial charge in [-0.2, -0.15) is 0 Å². The smallest absolute Gasteiger partial charge is 0.251 e. The molecular formula is C15H11Cl2FN2O2. The first kappa shape index (κ1) is 16.3. The first-order valence-electron chi connectivity index (χ1n) is 6.25. The van der Waals surface area contributed by atoms with Crippen molar-refractivity contribution >= 4 is 40.7 Å². The number of nitrogens with one attached hydrogen (secondary N) is 2. The van der Waals surface area contributed by atoms with E-state index in [0.717, 1.165) is 6.07 Å². The van der Waals surface area contributed by atoms with Crippen molar-refractivity contribution in [2.75, 3.05) is 11.9 Å². The first-order valence-corrected chi connectivity index (χ1v) is 7.00. The minimum Gasteiger partial charge on any atom is -0.343 e. The van der Waals surface area contributed by atoms with E-state index < -0.39 is 17.6 Å². The SMILES string of the molecule is O=C(CNC(=O)c1cccc(F)c1)Nc1cccc(Cl)c1Cl. The third kappa shape index (κ3) is 4.19. The number of benzene rings is 2. The van der Waals surface area contributed by atoms with Crippen LogP contribution in [-0.2, 0) is 4.79 Å². The number of carbonyl (C=O) groups is 2. The van der Waals surface area contributed by atoms with Crippen molar-refractivity contribution in [2.45, 2.75) is 0 Å². The van der Waals surface area contributed by atoms with Crippen LogP contribution >= 0.6 is 23.2 Å². The summed E-state index contributed by atoms with van der Waals surface area (Å²) in [6.45, 7) is -0.280. The highest BCUT2D eigenvalue weighted by atomic mass is 35.5. The summed E-state index contributed by atoms with van der Waals surface area (Å²) in [4.78, 5) is 23.5. The molecule has 0 unspecified atom stereocenters. The maximum atomic E-state index is 13.0. The molecule has 22 heavy (non-hydrogen) atoms. The Bertz CT molecular complexity index is 722. The molecule has 0 fully saturated rings. The Morgan fingerprint density at radius 1 is 1.09 bits per heavy atom. The van der Waals surface area contributed by atoms with Gasteiger partial charge in [0, 0.05) is 5.56 Å². The van der Waals surface area contributed by atoms with E-state index in [0.29, 0.717) is 10.7 Å². The quantitative estimate of drug-likeness (QED) is 0.894. The number of rotatable bonds is 4. The standard InChI is InChI=1S/C15H11Cl2FN2O2/c16-11-5-2-6-12(14(11)17)20-13(21)8-19-15(22)9-3-1-4-10(18)7-9/h1-7H,8H2,(H,19,22)(H,20,21). The highest BCUT2D eigenvalue weighted by Crippen LogP contribution is 2.29. The summed E-state index contributed by atoms with van der Waals surface area (Å²) < 4.78 is 13.0. The van der Waals surface area contributed by atoms with Crippen LogP contribution < -0.4 is 10.6 Å². The molecule has 2 aromatic rings. The van der Waals surface area contributed by atoms with Gasteiger partial charge < -0.3 is 10.6 Å². The molecule has 0 aliphatic heterocycles. The van der Waals surface area contributed by atoms with Gasteiger partial charge in [0.1, 0.15) is 5.82 Å². The van der Waals surface area contributed by atoms with Gasteiger partial charge in [-0.05, 0) is 30.3 Å². The molecule has 0 spiro atoms. The third-order valence-corrected chi connectivity index (χ3v) is 3.54. The second-order valence-corrected chi connectivity index (χ2v) is 5.13. The Kier molecular flexibility index (Phi) is 5.35. The average molecular weight is 341 g/mol. The number of anilines is 1. The Hall–Kier alpha value is -2.11. The zero-order valence-electron chi connectivity index (χ0n) is 11.2. The van der Waals surface area contributed by atoms with E-state index >= 15 is 0 Å². The number of carbonyl (C=O) groups excluding carboxylic acids is 2. The largest absolute Gasteiger partial charge is 0.343 e. The summed E-state index contributed by atoms with van der Waals surface area (Å²) >= 11 is 11.8. The van der Waals surface area contributed by atoms with E-state index in [1.165, 1.54) is 18.2 Å². The lowest BCUT2D eigenvalue weighted by atomic mass is 10.2. The summed E-state index contributed by atoms with van der Waals surface area (Å²) in [6, 6.07) is 9.98. The maximum Gasteiger partial charge on any atom is 0.251 e. The predicted molar refractivity (Wildman–Crippen MR) is 83.8 cm³/mol. The van der Waals surface area contributed by atoms with Gasteiger partial charge in [0.2, 0.25) is 5.91 Å². The zero-order chi connectivity index (χ0) is 16.1. The van der Waals surface area contributed by atoms with Gasteiger partial charge in [0.25, 0.3) is 5.91 Å². The van der Waals surface area contributed by atoms with E-state index in [4.69, 9.17) is 23.2 Å². The summed E-state index contributed by atoms with van der Waals surface area (Å²) in [6.07, 6.45) is 0. The van der Waals surface area contributed by atoms with E-state index in [1.807, 2.05) is 0 Å². The summed E-state index contributed by atoms with van der Waals surface area (Å²) in [5.41, 5.74) is 0.479. The van der Waals surface area contributed by atoms with Gasteiger partial charge in [0.05, 0.1) is 22.3 Å². The third-order valence-electron chi connectivity index (χ3n) is 2.72. The van der Waals surface area contributed by atoms with Crippen LogP contribution in [0.3, 0.4) is 0 Å². The van der Waals surface area contributed by atoms with Crippen LogP contribution in [0.5, 0.6) is 0 Å². The molecule has 0 aliphatic rings. The van der Waals surface area contributed by atoms with Gasteiger partial charge in [-0.3, -0.25) is 9.59 Å². The number of amides is 2. The molecule has 0 heterocycles. The Labute approximate surface area is 136 Å². The Morgan fingerprint density at radius 3 is 2.55 bits per heavy atom. The molecule has 2 rings (SSSR count). The van der Waals surface area contributed by atoms with Crippen LogP contribution in [-0.4, -0.2) is 18.4 Å². The topological polar surface area (TPSA) is 58.2 Å². The van der Waals surface area contributed by atoms with Crippen molar-refractivity contribution in [3.63, 3.8) is 0 Å². The molecule has 4 nitrogen and oxygen atoms in total. The number of halogens is 3. The van der Waals surface area contributed by atoms with Crippen molar-refractivity contribution in [2.24, 2.45) is 0 Å². The van der Waals surface area contributed by atoms with Crippen molar-refractivity contribution in [1.29, 1.82) is 0 Å². The van der Waals surface area contributed by atoms with Crippen molar-refractivity contribution < 1.29 is 14.0 Å². The molecule has 0 atom stereocenters. The minimum absolute atomic E-state index is 0.133. The highest BCUT2D eigenvalue weighted by molar-refractivity contribution is 6.44. The summed E-state index contributed by atoms with van der Waals surface area (Å²) in [7, 11) is 0. The zero-order valence-corrected chi connectivity index (χ0v) is 12.7. The lowest BCUT2D eigenvalue weighted by Gasteiger charge is -2.09. The maximum absolute atomic E-state index is 13.0. The predicted octanol–water partition coefficient (Wildman–Crippen LogP) is 3.50. The van der Waals surface area contributed by atoms with Gasteiger partial charge >= 0.3 is 0 Å². The molecule has 2 aromatic carbocycles. The van der Waals surface area contributed by atoms with E-state index in [9.17, 15) is 14.0 Å². The molecule has 0 aromatic heterocycles. The second-order valence-electron chi connectivity index (χ2n) is 4.34. The lowest BCUT2D eigenvalue weighted by molar-refractivity contribution is -0.115. The van der Waals surface area contributed by atoms with Crippen LogP contribution in [0.4, 0.5) is 10.1 Å². The van der Waals surface area contributed by atoms with Crippen LogP contribution in [0.2, 0.25) is 10.0 Å². The van der Waals surface area contributed by atoms with Crippen molar-refractivity contribution in [3.05, 3.63) is 63.9 Å². The fourth-order valence-corrected chi connectivity index (χ4v) is 2.03. The van der Waals surface area contributed by atoms with Crippen LogP contribution in [0, 0.1) is 5.82 Å². The van der Waals surface area contributed by atoms with Gasteiger partial charge in [-0.15, -0.1) is 0 Å². The van der Waals surface area contributed by atoms with E-state index in [1.54, 1.807) is 18.2 Å². The second kappa shape index (κ2) is 7.24. The lowest BCUT2D eigenvalue weighted by Crippen LogP contribution is -2.32. The molecule has 0 bridgehead atoms. The van der Waals surface area contributed by atoms with Crippen LogP contribution in [0.1, 0.15) is 10.4 Å². The molecule has 7 heteroatoms. The molecular weight excluding hydrogens is 330 g/mol. The first-order chi connectivity index (χ1) is 10.5. The normalized spacial score (nSPS) is 10.1. The summed E-state index contributed by atoms with van der Waals surface area (Å²) in [5, 5.41) is 5.44. The Balaban J connectivity index is 1.93. The summed E-state index contributed by atoms with van der Waals surface area (Å²) in [5.74, 6) is -1.55. The number of hydrogen-bond acceptors (Lipinski definition) is 2. The van der Waals surface area contributed by atoms with Gasteiger partial charge in [0.15, 0.2) is 0 Å². The fourth-order valence-electron chi connectivity index (χ4n) is 1.69. The molecule has 0 saturated carbocycles. The van der Waals surface area contributed by atoms with Gasteiger partial charge in [-0.25, -0.2) is 4.39 Å². The fraction of sp³-hybridized carbons (Fsp3) is 0.0667.